The van der Waals surface area contributed by atoms with Gasteiger partial charge in [-0.15, -0.1) is 0 Å². The first-order valence-electron chi connectivity index (χ1n) is 35.1. The molecule has 0 saturated carbocycles. The number of hydrogen-bond donors (Lipinski definition) is 2. The Balaban J connectivity index is 1.02. The van der Waals surface area contributed by atoms with E-state index in [9.17, 15) is 4.79 Å². The summed E-state index contributed by atoms with van der Waals surface area (Å²) in [6.45, 7) is 43.8. The molecule has 0 radical (unpaired) electrons. The highest BCUT2D eigenvalue weighted by Gasteiger charge is 2.36. The molecule has 4 aliphatic rings. The molecule has 0 aliphatic carbocycles. The third kappa shape index (κ3) is 13.5. The van der Waals surface area contributed by atoms with E-state index in [1.807, 2.05) is 24.3 Å². The van der Waals surface area contributed by atoms with Gasteiger partial charge in [-0.3, -0.25) is 9.79 Å². The van der Waals surface area contributed by atoms with Crippen molar-refractivity contribution in [1.82, 2.24) is 20.3 Å². The van der Waals surface area contributed by atoms with Gasteiger partial charge in [0, 0.05) is 62.1 Å². The Morgan fingerprint density at radius 2 is 0.847 bits per heavy atom. The number of esters is 1. The maximum Gasteiger partial charge on any atom is 0.305 e. The average Bonchev–Trinajstić information content (AvgIpc) is 1.47. The van der Waals surface area contributed by atoms with Crippen LogP contribution in [0.2, 0.25) is 0 Å². The van der Waals surface area contributed by atoms with Gasteiger partial charge in [-0.25, -0.2) is 15.0 Å². The number of carbonyl (C=O) groups excluding carboxylic acids is 1. The molecule has 0 amide bonds. The van der Waals surface area contributed by atoms with Crippen LogP contribution in [0.5, 0.6) is 0 Å². The zero-order valence-electron chi connectivity index (χ0n) is 61.1. The first-order chi connectivity index (χ1) is 46.1. The number of nitrogens with one attached hydrogen (secondary N) is 2. The minimum Gasteiger partial charge on any atom is -0.461 e. The lowest BCUT2D eigenvalue weighted by Crippen LogP contribution is -2.34. The molecular weight excluding hydrogens is 1200 g/mol. The molecule has 0 saturated heterocycles. The van der Waals surface area contributed by atoms with Crippen molar-refractivity contribution in [2.75, 3.05) is 0 Å². The third-order valence-corrected chi connectivity index (χ3v) is 19.9. The summed E-state index contributed by atoms with van der Waals surface area (Å²) in [5, 5.41) is 6.27. The maximum absolute atomic E-state index is 11.9. The summed E-state index contributed by atoms with van der Waals surface area (Å²) >= 11 is 0. The van der Waals surface area contributed by atoms with Crippen molar-refractivity contribution in [2.24, 2.45) is 9.98 Å². The summed E-state index contributed by atoms with van der Waals surface area (Å²) < 4.78 is 5.41. The Kier molecular flexibility index (Phi) is 17.0. The van der Waals surface area contributed by atoms with Crippen LogP contribution in [0.15, 0.2) is 215 Å². The fourth-order valence-corrected chi connectivity index (χ4v) is 13.6. The summed E-state index contributed by atoms with van der Waals surface area (Å²) in [6, 6.07) is 55.7. The molecule has 98 heavy (non-hydrogen) atoms. The van der Waals surface area contributed by atoms with E-state index in [0.29, 0.717) is 6.42 Å². The van der Waals surface area contributed by atoms with Gasteiger partial charge in [0.25, 0.3) is 0 Å². The van der Waals surface area contributed by atoms with Gasteiger partial charge >= 0.3 is 5.97 Å². The molecule has 0 fully saturated rings. The molecule has 3 aromatic heterocycles. The number of H-pyrrole nitrogens is 1. The van der Waals surface area contributed by atoms with E-state index in [1.54, 1.807) is 6.92 Å². The monoisotopic (exact) mass is 1290 g/mol. The molecule has 13 rings (SSSR count). The average molecular weight is 1290 g/mol. The molecule has 9 aromatic rings. The predicted octanol–water partition coefficient (Wildman–Crippen LogP) is 22.0. The number of carbonyl (C=O) groups is 1. The quantitative estimate of drug-likeness (QED) is 0.111. The highest BCUT2D eigenvalue weighted by Crippen LogP contribution is 2.45. The van der Waals surface area contributed by atoms with E-state index < -0.39 is 0 Å². The highest BCUT2D eigenvalue weighted by atomic mass is 16.5. The molecule has 4 aliphatic heterocycles. The van der Waals surface area contributed by atoms with E-state index in [-0.39, 0.29) is 57.0 Å². The normalized spacial score (nSPS) is 19.0. The second-order valence-corrected chi connectivity index (χ2v) is 33.6. The van der Waals surface area contributed by atoms with E-state index in [1.165, 1.54) is 38.9 Å². The van der Waals surface area contributed by atoms with Crippen molar-refractivity contribution in [3.8, 4) is 22.5 Å². The molecule has 0 spiro atoms. The van der Waals surface area contributed by atoms with Crippen molar-refractivity contribution < 1.29 is 9.53 Å². The number of benzene rings is 6. The van der Waals surface area contributed by atoms with Crippen LogP contribution in [0.1, 0.15) is 216 Å². The van der Waals surface area contributed by atoms with E-state index in [4.69, 9.17) is 24.7 Å². The Morgan fingerprint density at radius 1 is 0.429 bits per heavy atom. The van der Waals surface area contributed by atoms with Crippen molar-refractivity contribution in [3.05, 3.63) is 278 Å². The second-order valence-electron chi connectivity index (χ2n) is 33.6. The molecule has 8 bridgehead atoms. The van der Waals surface area contributed by atoms with Crippen molar-refractivity contribution >= 4 is 55.9 Å². The van der Waals surface area contributed by atoms with Gasteiger partial charge in [-0.1, -0.05) is 265 Å². The van der Waals surface area contributed by atoms with E-state index >= 15 is 0 Å². The molecule has 2 atom stereocenters. The zero-order valence-corrected chi connectivity index (χ0v) is 61.1. The van der Waals surface area contributed by atoms with Crippen molar-refractivity contribution in [1.29, 1.82) is 0 Å². The van der Waals surface area contributed by atoms with Gasteiger partial charge in [0.15, 0.2) is 0 Å². The van der Waals surface area contributed by atoms with Crippen LogP contribution in [0.4, 0.5) is 0 Å². The molecule has 0 unspecified atom stereocenters. The van der Waals surface area contributed by atoms with Crippen LogP contribution in [0.25, 0.3) is 61.0 Å². The number of hydrogen-bond acceptors (Lipinski definition) is 7. The Hall–Kier alpha value is -9.53. The number of nitrogens with zero attached hydrogens (tertiary/aromatic N) is 4. The molecule has 498 valence electrons. The summed E-state index contributed by atoms with van der Waals surface area (Å²) in [7, 11) is 0. The highest BCUT2D eigenvalue weighted by molar-refractivity contribution is 6.32. The number of ether oxygens (including phenoxy) is 1. The first kappa shape index (κ1) is 67.1. The Labute approximate surface area is 581 Å². The van der Waals surface area contributed by atoms with Gasteiger partial charge in [-0.2, -0.15) is 0 Å². The van der Waals surface area contributed by atoms with Crippen LogP contribution in [-0.2, 0) is 48.6 Å². The third-order valence-electron chi connectivity index (χ3n) is 19.9. The Bertz CT molecular complexity index is 4870. The standard InChI is InChI=1S/C90H96N6O2/c1-20-78(97)98-52-53-21-23-54(24-22-53)68-33-31-57-29-30-58-32-34-69(96-84(58)83(57)95-68)55-25-27-56(28-26-55)79-70-35-37-72(91-70)80(59-43-62(85(2,3)4)49-63(44-59)86(5,6)7)74-39-41-76(93-74)82(61-47-66(89(14,15)16)51-67(48-61)90(17,18)19)77-42-40-75(94-77)81(73-38-36-71(79)92-73)60-45-64(87(8,9)10)50-65(46-60)88(11,12)13/h21-51,74,80,92-93H,20,52H2,1-19H3/b79-70-,81-75-,82-76-/t74-,80-/m0/s1. The SMILES string of the molecule is CCC(=O)OCc1ccc(-c2ccc3ccc4ccc(-c5ccc(/C6=C7\C=CC(=N7)[C@H](c7cc(C(C)(C)C)cc(C(C)(C)C)c7)[C@@H]7C=C/C(=C(\c8cc(C(C)(C)C)cc(C(C)(C)C)c8)C8=N/C(=C(/c9cc(C(C)(C)C)cc(C(C)(C)C)c9)c9ccc6[nH]9)C=C8)N7)cc5)nc4c3n2)cc1. The topological polar surface area (TPSA) is 105 Å². The number of rotatable bonds is 9. The first-order valence-corrected chi connectivity index (χ1v) is 35.1. The van der Waals surface area contributed by atoms with Crippen molar-refractivity contribution in [2.45, 2.75) is 189 Å². The lowest BCUT2D eigenvalue weighted by Gasteiger charge is -2.30. The molecule has 6 aromatic carbocycles. The van der Waals surface area contributed by atoms with Gasteiger partial charge in [-0.05, 0) is 148 Å². The smallest absolute Gasteiger partial charge is 0.305 e. The van der Waals surface area contributed by atoms with Gasteiger partial charge in [0.05, 0.1) is 57.2 Å². The fraction of sp³-hybridized carbons (Fsp3) is 0.322. The lowest BCUT2D eigenvalue weighted by atomic mass is 9.76. The molecule has 8 heteroatoms. The number of fused-ring (bicyclic) bond motifs is 9. The summed E-state index contributed by atoms with van der Waals surface area (Å²) in [5.74, 6) is -0.407. The van der Waals surface area contributed by atoms with Crippen LogP contribution in [0, 0.1) is 0 Å². The number of aromatic amines is 1. The number of aromatic nitrogens is 3. The van der Waals surface area contributed by atoms with Gasteiger partial charge in [0.2, 0.25) is 0 Å². The number of aliphatic imine (C=N–C) groups is 2. The second kappa shape index (κ2) is 24.8. The zero-order chi connectivity index (χ0) is 69.8. The minimum absolute atomic E-state index is 0.115. The maximum atomic E-state index is 11.9. The lowest BCUT2D eigenvalue weighted by molar-refractivity contribution is -0.144. The minimum atomic E-state index is -0.216. The predicted molar refractivity (Wildman–Crippen MR) is 411 cm³/mol. The fourth-order valence-electron chi connectivity index (χ4n) is 13.6. The Morgan fingerprint density at radius 3 is 1.33 bits per heavy atom. The van der Waals surface area contributed by atoms with Crippen LogP contribution in [0.3, 0.4) is 0 Å². The molecular formula is C90H96N6O2. The van der Waals surface area contributed by atoms with Crippen LogP contribution in [-0.4, -0.2) is 38.4 Å². The van der Waals surface area contributed by atoms with Crippen LogP contribution < -0.4 is 5.32 Å². The summed E-state index contributed by atoms with van der Waals surface area (Å²) in [5.41, 5.74) is 27.4. The molecule has 2 N–H and O–H groups in total. The van der Waals surface area contributed by atoms with Crippen molar-refractivity contribution in [3.63, 3.8) is 0 Å². The summed E-state index contributed by atoms with van der Waals surface area (Å²) in [4.78, 5) is 38.5. The molecule has 7 heterocycles. The van der Waals surface area contributed by atoms with Crippen LogP contribution >= 0.6 is 0 Å². The van der Waals surface area contributed by atoms with Gasteiger partial charge in [0.1, 0.15) is 6.61 Å². The summed E-state index contributed by atoms with van der Waals surface area (Å²) in [6.07, 6.45) is 14.1. The number of pyridine rings is 2. The largest absolute Gasteiger partial charge is 0.461 e. The van der Waals surface area contributed by atoms with E-state index in [2.05, 4.69) is 299 Å². The van der Waals surface area contributed by atoms with Gasteiger partial charge < -0.3 is 15.0 Å². The number of allylic oxidation sites excluding steroid dienone is 6. The van der Waals surface area contributed by atoms with E-state index in [0.717, 1.165) is 123 Å². The molecule has 8 nitrogen and oxygen atoms in total.